The largest absolute Gasteiger partial charge is 0.289 e. The van der Waals surface area contributed by atoms with Crippen molar-refractivity contribution in [2.24, 2.45) is 11.0 Å². The topological polar surface area (TPSA) is 58.1 Å². The number of pyridine rings is 1. The van der Waals surface area contributed by atoms with Gasteiger partial charge in [0.05, 0.1) is 0 Å². The molecule has 0 radical (unpaired) electrons. The van der Waals surface area contributed by atoms with Gasteiger partial charge in [-0.1, -0.05) is 0 Å². The first-order valence-corrected chi connectivity index (χ1v) is 5.73. The monoisotopic (exact) mass is 229 g/mol. The molecular formula is C13H15N3O. The highest BCUT2D eigenvalue weighted by Crippen LogP contribution is 2.30. The van der Waals surface area contributed by atoms with E-state index >= 15 is 0 Å². The Morgan fingerprint density at radius 3 is 2.71 bits per heavy atom. The van der Waals surface area contributed by atoms with Gasteiger partial charge in [0.15, 0.2) is 0 Å². The van der Waals surface area contributed by atoms with Gasteiger partial charge in [-0.3, -0.25) is 4.79 Å². The Morgan fingerprint density at radius 2 is 2.18 bits per heavy atom. The molecule has 0 atom stereocenters. The van der Waals surface area contributed by atoms with Gasteiger partial charge in [0.2, 0.25) is 0 Å². The van der Waals surface area contributed by atoms with E-state index in [0.717, 1.165) is 24.2 Å². The van der Waals surface area contributed by atoms with E-state index in [2.05, 4.69) is 5.10 Å². The third-order valence-electron chi connectivity index (χ3n) is 3.10. The normalized spacial score (nSPS) is 15.8. The highest BCUT2D eigenvalue weighted by Gasteiger charge is 2.25. The molecule has 1 heterocycles. The van der Waals surface area contributed by atoms with Crippen LogP contribution < -0.4 is 5.56 Å². The van der Waals surface area contributed by atoms with Gasteiger partial charge in [-0.15, -0.1) is 0 Å². The van der Waals surface area contributed by atoms with E-state index in [4.69, 9.17) is 5.26 Å². The molecule has 1 aliphatic carbocycles. The molecule has 88 valence electrons. The smallest absolute Gasteiger partial charge is 0.266 e. The van der Waals surface area contributed by atoms with Crippen molar-refractivity contribution < 1.29 is 0 Å². The lowest BCUT2D eigenvalue weighted by molar-refractivity contribution is 0.773. The molecule has 0 bridgehead atoms. The lowest BCUT2D eigenvalue weighted by Crippen LogP contribution is -2.23. The first kappa shape index (κ1) is 11.6. The van der Waals surface area contributed by atoms with Crippen LogP contribution in [0.4, 0.5) is 0 Å². The molecule has 0 unspecified atom stereocenters. The van der Waals surface area contributed by atoms with E-state index in [9.17, 15) is 4.79 Å². The molecule has 4 nitrogen and oxygen atoms in total. The average molecular weight is 229 g/mol. The summed E-state index contributed by atoms with van der Waals surface area (Å²) < 4.78 is 1.35. The molecular weight excluding hydrogens is 214 g/mol. The zero-order valence-corrected chi connectivity index (χ0v) is 10.3. The summed E-state index contributed by atoms with van der Waals surface area (Å²) in [6.07, 6.45) is 2.31. The summed E-state index contributed by atoms with van der Waals surface area (Å²) in [5.41, 5.74) is 2.33. The van der Waals surface area contributed by atoms with Crippen LogP contribution in [0.25, 0.3) is 0 Å². The van der Waals surface area contributed by atoms with Crippen LogP contribution in [0, 0.1) is 31.1 Å². The molecule has 0 aliphatic heterocycles. The van der Waals surface area contributed by atoms with E-state index in [-0.39, 0.29) is 11.1 Å². The molecule has 17 heavy (non-hydrogen) atoms. The van der Waals surface area contributed by atoms with Crippen LogP contribution in [0.2, 0.25) is 0 Å². The standard InChI is InChI=1S/C13H15N3O/c1-8-6-9(2)16(13(17)12(8)7-14)15-10(3)11-4-5-11/h6,11H,4-5H2,1-3H3/b15-10+. The lowest BCUT2D eigenvalue weighted by Gasteiger charge is -2.07. The summed E-state index contributed by atoms with van der Waals surface area (Å²) in [7, 11) is 0. The Labute approximate surface area is 100 Å². The van der Waals surface area contributed by atoms with Gasteiger partial charge in [0.25, 0.3) is 5.56 Å². The molecule has 4 heteroatoms. The molecule has 0 spiro atoms. The van der Waals surface area contributed by atoms with Gasteiger partial charge in [0.1, 0.15) is 11.6 Å². The van der Waals surface area contributed by atoms with Gasteiger partial charge in [-0.2, -0.15) is 10.4 Å². The lowest BCUT2D eigenvalue weighted by atomic mass is 10.1. The Morgan fingerprint density at radius 1 is 1.53 bits per heavy atom. The summed E-state index contributed by atoms with van der Waals surface area (Å²) in [6.45, 7) is 5.55. The fourth-order valence-corrected chi connectivity index (χ4v) is 1.88. The molecule has 1 aliphatic rings. The van der Waals surface area contributed by atoms with Crippen LogP contribution in [-0.4, -0.2) is 10.4 Å². The zero-order valence-electron chi connectivity index (χ0n) is 10.3. The molecule has 2 rings (SSSR count). The Hall–Kier alpha value is -1.89. The van der Waals surface area contributed by atoms with E-state index in [1.54, 1.807) is 6.92 Å². The van der Waals surface area contributed by atoms with Crippen LogP contribution in [0.15, 0.2) is 16.0 Å². The second-order valence-electron chi connectivity index (χ2n) is 4.59. The highest BCUT2D eigenvalue weighted by molar-refractivity contribution is 5.86. The number of nitriles is 1. The second-order valence-corrected chi connectivity index (χ2v) is 4.59. The van der Waals surface area contributed by atoms with Crippen LogP contribution in [0.1, 0.15) is 36.6 Å². The molecule has 1 aromatic heterocycles. The van der Waals surface area contributed by atoms with Crippen molar-refractivity contribution in [1.82, 2.24) is 4.68 Å². The maximum atomic E-state index is 12.1. The van der Waals surface area contributed by atoms with Crippen molar-refractivity contribution in [3.05, 3.63) is 33.2 Å². The van der Waals surface area contributed by atoms with Gasteiger partial charge in [-0.05, 0) is 51.2 Å². The van der Waals surface area contributed by atoms with Crippen molar-refractivity contribution in [1.29, 1.82) is 5.26 Å². The molecule has 0 aromatic carbocycles. The maximum absolute atomic E-state index is 12.1. The minimum atomic E-state index is -0.315. The number of rotatable bonds is 2. The third-order valence-corrected chi connectivity index (χ3v) is 3.10. The number of aromatic nitrogens is 1. The second kappa shape index (κ2) is 4.17. The van der Waals surface area contributed by atoms with Crippen molar-refractivity contribution in [3.63, 3.8) is 0 Å². The minimum absolute atomic E-state index is 0.183. The minimum Gasteiger partial charge on any atom is -0.266 e. The van der Waals surface area contributed by atoms with E-state index < -0.39 is 0 Å². The van der Waals surface area contributed by atoms with E-state index in [1.165, 1.54) is 4.68 Å². The highest BCUT2D eigenvalue weighted by atomic mass is 16.1. The number of hydrogen-bond acceptors (Lipinski definition) is 3. The Kier molecular flexibility index (Phi) is 2.84. The number of nitrogens with zero attached hydrogens (tertiary/aromatic N) is 3. The predicted molar refractivity (Wildman–Crippen MR) is 66.1 cm³/mol. The number of aryl methyl sites for hydroxylation is 2. The van der Waals surface area contributed by atoms with Crippen LogP contribution in [-0.2, 0) is 0 Å². The summed E-state index contributed by atoms with van der Waals surface area (Å²) in [4.78, 5) is 12.1. The van der Waals surface area contributed by atoms with Gasteiger partial charge in [0, 0.05) is 11.4 Å². The van der Waals surface area contributed by atoms with Crippen molar-refractivity contribution in [2.45, 2.75) is 33.6 Å². The fraction of sp³-hybridized carbons (Fsp3) is 0.462. The third kappa shape index (κ3) is 2.14. The quantitative estimate of drug-likeness (QED) is 0.728. The number of hydrogen-bond donors (Lipinski definition) is 0. The summed E-state index contributed by atoms with van der Waals surface area (Å²) in [5, 5.41) is 13.3. The van der Waals surface area contributed by atoms with Gasteiger partial charge < -0.3 is 0 Å². The average Bonchev–Trinajstić information content (AvgIpc) is 3.07. The van der Waals surface area contributed by atoms with E-state index in [0.29, 0.717) is 11.5 Å². The predicted octanol–water partition coefficient (Wildman–Crippen LogP) is 1.97. The summed E-state index contributed by atoms with van der Waals surface area (Å²) in [5.74, 6) is 0.521. The van der Waals surface area contributed by atoms with Crippen LogP contribution in [0.5, 0.6) is 0 Å². The van der Waals surface area contributed by atoms with Gasteiger partial charge in [-0.25, -0.2) is 4.68 Å². The molecule has 1 saturated carbocycles. The van der Waals surface area contributed by atoms with E-state index in [1.807, 2.05) is 26.0 Å². The first-order valence-electron chi connectivity index (χ1n) is 5.73. The molecule has 0 N–H and O–H groups in total. The molecule has 0 amide bonds. The van der Waals surface area contributed by atoms with Crippen LogP contribution >= 0.6 is 0 Å². The summed E-state index contributed by atoms with van der Waals surface area (Å²) in [6, 6.07) is 3.77. The van der Waals surface area contributed by atoms with Crippen molar-refractivity contribution >= 4 is 5.71 Å². The Bertz CT molecular complexity index is 586. The van der Waals surface area contributed by atoms with Crippen LogP contribution in [0.3, 0.4) is 0 Å². The molecule has 1 aromatic rings. The van der Waals surface area contributed by atoms with Crippen molar-refractivity contribution in [3.8, 4) is 6.07 Å². The Balaban J connectivity index is 2.58. The molecule has 0 saturated heterocycles. The summed E-state index contributed by atoms with van der Waals surface area (Å²) >= 11 is 0. The fourth-order valence-electron chi connectivity index (χ4n) is 1.88. The van der Waals surface area contributed by atoms with Gasteiger partial charge >= 0.3 is 0 Å². The van der Waals surface area contributed by atoms with Crippen molar-refractivity contribution in [2.75, 3.05) is 0 Å². The molecule has 1 fully saturated rings. The first-order chi connectivity index (χ1) is 8.04. The SMILES string of the molecule is C/C(=N\n1c(C)cc(C)c(C#N)c1=O)C1CC1. The maximum Gasteiger partial charge on any atom is 0.289 e. The zero-order chi connectivity index (χ0) is 12.6.